The Balaban J connectivity index is 0. The third kappa shape index (κ3) is 8.84. The lowest BCUT2D eigenvalue weighted by Crippen LogP contribution is -2.31. The SMILES string of the molecule is CCCC(CCC)(CCC)C(=O)OP.O=[SH](=O)O. The van der Waals surface area contributed by atoms with Crippen molar-refractivity contribution < 1.29 is 22.3 Å². The van der Waals surface area contributed by atoms with Gasteiger partial charge >= 0.3 is 5.97 Å². The van der Waals surface area contributed by atoms with Gasteiger partial charge < -0.3 is 4.52 Å². The molecule has 0 radical (unpaired) electrons. The molecule has 5 nitrogen and oxygen atoms in total. The van der Waals surface area contributed by atoms with E-state index in [0.717, 1.165) is 38.5 Å². The summed E-state index contributed by atoms with van der Waals surface area (Å²) in [6.07, 6.45) is 5.96. The van der Waals surface area contributed by atoms with Crippen molar-refractivity contribution in [1.29, 1.82) is 0 Å². The first kappa shape index (κ1) is 20.1. The van der Waals surface area contributed by atoms with Gasteiger partial charge in [0.1, 0.15) is 0 Å². The molecule has 0 amide bonds. The third-order valence-corrected chi connectivity index (χ3v) is 2.94. The van der Waals surface area contributed by atoms with E-state index in [1.54, 1.807) is 0 Å². The van der Waals surface area contributed by atoms with Crippen LogP contribution < -0.4 is 0 Å². The monoisotopic (exact) mass is 300 g/mol. The average Bonchev–Trinajstić information content (AvgIpc) is 2.28. The summed E-state index contributed by atoms with van der Waals surface area (Å²) in [7, 11) is -1.04. The maximum atomic E-state index is 11.8. The van der Waals surface area contributed by atoms with Crippen LogP contribution in [0.25, 0.3) is 0 Å². The van der Waals surface area contributed by atoms with Crippen LogP contribution in [0.5, 0.6) is 0 Å². The van der Waals surface area contributed by atoms with E-state index in [2.05, 4.69) is 30.2 Å². The minimum Gasteiger partial charge on any atom is -0.451 e. The van der Waals surface area contributed by atoms with Gasteiger partial charge in [0.2, 0.25) is 0 Å². The van der Waals surface area contributed by atoms with Gasteiger partial charge in [0.05, 0.1) is 14.9 Å². The van der Waals surface area contributed by atoms with E-state index in [1.165, 1.54) is 0 Å². The van der Waals surface area contributed by atoms with Gasteiger partial charge in [0.15, 0.2) is 0 Å². The van der Waals surface area contributed by atoms with Crippen LogP contribution in [0.4, 0.5) is 0 Å². The number of thiol groups is 1. The molecule has 7 heteroatoms. The Morgan fingerprint density at radius 2 is 1.39 bits per heavy atom. The number of hydrogen-bond acceptors (Lipinski definition) is 4. The average molecular weight is 300 g/mol. The quantitative estimate of drug-likeness (QED) is 0.429. The predicted molar refractivity (Wildman–Crippen MR) is 75.9 cm³/mol. The largest absolute Gasteiger partial charge is 0.451 e. The molecule has 18 heavy (non-hydrogen) atoms. The van der Waals surface area contributed by atoms with E-state index >= 15 is 0 Å². The van der Waals surface area contributed by atoms with Crippen molar-refractivity contribution in [3.63, 3.8) is 0 Å². The van der Waals surface area contributed by atoms with Crippen LogP contribution in [0.2, 0.25) is 0 Å². The summed E-state index contributed by atoms with van der Waals surface area (Å²) >= 11 is 0. The summed E-state index contributed by atoms with van der Waals surface area (Å²) in [5, 5.41) is 0. The van der Waals surface area contributed by atoms with Crippen LogP contribution in [0, 0.1) is 5.41 Å². The lowest BCUT2D eigenvalue weighted by atomic mass is 9.76. The van der Waals surface area contributed by atoms with Gasteiger partial charge in [0, 0.05) is 0 Å². The van der Waals surface area contributed by atoms with Crippen molar-refractivity contribution in [2.45, 2.75) is 59.3 Å². The summed E-state index contributed by atoms with van der Waals surface area (Å²) in [5.41, 5.74) is -0.222. The first-order valence-corrected chi connectivity index (χ1v) is 7.74. The maximum absolute atomic E-state index is 11.8. The van der Waals surface area contributed by atoms with Gasteiger partial charge in [-0.25, -0.2) is 8.42 Å². The molecule has 1 N–H and O–H groups in total. The zero-order chi connectivity index (χ0) is 14.6. The van der Waals surface area contributed by atoms with Crippen molar-refractivity contribution in [3.05, 3.63) is 0 Å². The number of carbonyl (C=O) groups excluding carboxylic acids is 1. The zero-order valence-electron chi connectivity index (χ0n) is 11.3. The molecule has 0 fully saturated rings. The first-order chi connectivity index (χ1) is 8.40. The van der Waals surface area contributed by atoms with Crippen molar-refractivity contribution in [2.75, 3.05) is 0 Å². The van der Waals surface area contributed by atoms with Gasteiger partial charge in [-0.15, -0.1) is 0 Å². The molecule has 110 valence electrons. The molecule has 0 spiro atoms. The van der Waals surface area contributed by atoms with Crippen LogP contribution >= 0.6 is 9.47 Å². The maximum Gasteiger partial charge on any atom is 0.314 e. The van der Waals surface area contributed by atoms with Gasteiger partial charge in [-0.3, -0.25) is 9.35 Å². The molecule has 0 aromatic carbocycles. The molecule has 1 atom stereocenters. The fourth-order valence-electron chi connectivity index (χ4n) is 2.24. The molecule has 0 aromatic rings. The Kier molecular flexibility index (Phi) is 13.3. The van der Waals surface area contributed by atoms with Crippen LogP contribution in [0.15, 0.2) is 0 Å². The van der Waals surface area contributed by atoms with Crippen molar-refractivity contribution in [3.8, 4) is 0 Å². The van der Waals surface area contributed by atoms with Gasteiger partial charge in [-0.1, -0.05) is 40.0 Å². The summed E-state index contributed by atoms with van der Waals surface area (Å²) < 4.78 is 29.0. The van der Waals surface area contributed by atoms with E-state index in [4.69, 9.17) is 17.5 Å². The third-order valence-electron chi connectivity index (χ3n) is 2.73. The molecule has 0 saturated heterocycles. The van der Waals surface area contributed by atoms with Crippen LogP contribution in [-0.4, -0.2) is 18.9 Å². The zero-order valence-corrected chi connectivity index (χ0v) is 13.4. The summed E-state index contributed by atoms with van der Waals surface area (Å²) in [6.45, 7) is 6.36. The van der Waals surface area contributed by atoms with Crippen LogP contribution in [0.3, 0.4) is 0 Å². The lowest BCUT2D eigenvalue weighted by molar-refractivity contribution is -0.146. The highest BCUT2D eigenvalue weighted by Gasteiger charge is 2.36. The Bertz CT molecular complexity index is 266. The van der Waals surface area contributed by atoms with Gasteiger partial charge in [-0.05, 0) is 19.3 Å². The van der Waals surface area contributed by atoms with E-state index in [0.29, 0.717) is 0 Å². The Hall–Kier alpha value is -0.190. The van der Waals surface area contributed by atoms with E-state index < -0.39 is 11.0 Å². The Morgan fingerprint density at radius 1 is 1.11 bits per heavy atom. The fraction of sp³-hybridized carbons (Fsp3) is 0.909. The minimum atomic E-state index is -3.12. The second kappa shape index (κ2) is 11.9. The van der Waals surface area contributed by atoms with Gasteiger partial charge in [-0.2, -0.15) is 0 Å². The van der Waals surface area contributed by atoms with Crippen molar-refractivity contribution in [1.82, 2.24) is 0 Å². The fourth-order valence-corrected chi connectivity index (χ4v) is 2.49. The summed E-state index contributed by atoms with van der Waals surface area (Å²) in [4.78, 5) is 11.8. The molecule has 0 aliphatic rings. The summed E-state index contributed by atoms with van der Waals surface area (Å²) in [5.74, 6) is -0.0481. The predicted octanol–water partition coefficient (Wildman–Crippen LogP) is 2.78. The first-order valence-electron chi connectivity index (χ1n) is 6.14. The Labute approximate surface area is 114 Å². The molecule has 0 aliphatic carbocycles. The molecule has 0 bridgehead atoms. The molecule has 0 saturated carbocycles. The molecule has 0 aromatic heterocycles. The molecular weight excluding hydrogens is 275 g/mol. The summed E-state index contributed by atoms with van der Waals surface area (Å²) in [6, 6.07) is 0. The molecular formula is C11H25O5PS. The number of rotatable bonds is 7. The highest BCUT2D eigenvalue weighted by molar-refractivity contribution is 7.66. The molecule has 0 heterocycles. The van der Waals surface area contributed by atoms with E-state index in [9.17, 15) is 4.79 Å². The highest BCUT2D eigenvalue weighted by atomic mass is 32.2. The smallest absolute Gasteiger partial charge is 0.314 e. The molecule has 1 unspecified atom stereocenters. The van der Waals surface area contributed by atoms with E-state index in [1.807, 2.05) is 0 Å². The van der Waals surface area contributed by atoms with E-state index in [-0.39, 0.29) is 11.4 Å². The topological polar surface area (TPSA) is 80.7 Å². The highest BCUT2D eigenvalue weighted by Crippen LogP contribution is 2.36. The lowest BCUT2D eigenvalue weighted by Gasteiger charge is -2.30. The second-order valence-electron chi connectivity index (χ2n) is 4.17. The molecule has 0 aliphatic heterocycles. The van der Waals surface area contributed by atoms with Crippen molar-refractivity contribution >= 4 is 26.4 Å². The second-order valence-corrected chi connectivity index (χ2v) is 4.88. The minimum absolute atomic E-state index is 0.0481. The molecule has 0 rings (SSSR count). The Morgan fingerprint density at radius 3 is 1.56 bits per heavy atom. The van der Waals surface area contributed by atoms with Crippen molar-refractivity contribution in [2.24, 2.45) is 5.41 Å². The standard InChI is InChI=1S/C11H23O2P.H2O3S/c1-4-7-11(8-5-2,9-6-3)10(12)13-14;1-4(2)3/h4-9,14H2,1-3H3;4H,(H,1,2,3). The number of hydrogen-bond donors (Lipinski definition) is 2. The van der Waals surface area contributed by atoms with Crippen LogP contribution in [-0.2, 0) is 20.3 Å². The normalized spacial score (nSPS) is 10.8. The number of carbonyl (C=O) groups is 1. The van der Waals surface area contributed by atoms with Crippen LogP contribution in [0.1, 0.15) is 59.3 Å². The van der Waals surface area contributed by atoms with Gasteiger partial charge in [0.25, 0.3) is 11.0 Å².